The molecule has 0 radical (unpaired) electrons. The van der Waals surface area contributed by atoms with Crippen LogP contribution in [0.5, 0.6) is 0 Å². The zero-order valence-electron chi connectivity index (χ0n) is 16.9. The first-order chi connectivity index (χ1) is 13.8. The lowest BCUT2D eigenvalue weighted by Crippen LogP contribution is -2.46. The largest absolute Gasteiger partial charge is 0.356 e. The molecule has 1 aromatic carbocycles. The molecule has 1 aliphatic rings. The van der Waals surface area contributed by atoms with Crippen molar-refractivity contribution in [1.82, 2.24) is 20.4 Å². The monoisotopic (exact) mass is 399 g/mol. The van der Waals surface area contributed by atoms with E-state index in [1.807, 2.05) is 7.05 Å². The van der Waals surface area contributed by atoms with Crippen LogP contribution < -0.4 is 10.6 Å². The Labute approximate surface area is 173 Å². The average molecular weight is 400 g/mol. The van der Waals surface area contributed by atoms with Crippen molar-refractivity contribution in [2.45, 2.75) is 25.9 Å². The lowest BCUT2D eigenvalue weighted by Gasteiger charge is -2.34. The Morgan fingerprint density at radius 3 is 2.46 bits per heavy atom. The van der Waals surface area contributed by atoms with Gasteiger partial charge in [-0.2, -0.15) is 11.3 Å². The van der Waals surface area contributed by atoms with Crippen LogP contribution in [-0.2, 0) is 13.1 Å². The summed E-state index contributed by atoms with van der Waals surface area (Å²) in [6.07, 6.45) is 2.40. The van der Waals surface area contributed by atoms with Crippen LogP contribution in [0.1, 0.15) is 24.0 Å². The summed E-state index contributed by atoms with van der Waals surface area (Å²) >= 11 is 1.73. The Hall–Kier alpha value is -1.89. The Morgan fingerprint density at radius 2 is 1.75 bits per heavy atom. The van der Waals surface area contributed by atoms with Gasteiger partial charge in [0.2, 0.25) is 0 Å². The highest BCUT2D eigenvalue weighted by atomic mass is 32.1. The van der Waals surface area contributed by atoms with Crippen molar-refractivity contribution in [3.63, 3.8) is 0 Å². The summed E-state index contributed by atoms with van der Waals surface area (Å²) < 4.78 is 0. The third kappa shape index (κ3) is 7.26. The molecule has 2 heterocycles. The van der Waals surface area contributed by atoms with E-state index in [0.717, 1.165) is 25.6 Å². The van der Waals surface area contributed by atoms with Gasteiger partial charge in [-0.05, 0) is 47.3 Å². The minimum absolute atomic E-state index is 0.830. The maximum Gasteiger partial charge on any atom is 0.191 e. The number of piperazine rings is 1. The number of guanidine groups is 1. The van der Waals surface area contributed by atoms with Gasteiger partial charge < -0.3 is 15.5 Å². The number of aliphatic imine (C=N–C) groups is 1. The predicted molar refractivity (Wildman–Crippen MR) is 120 cm³/mol. The van der Waals surface area contributed by atoms with E-state index in [4.69, 9.17) is 0 Å². The fourth-order valence-corrected chi connectivity index (χ4v) is 4.15. The van der Waals surface area contributed by atoms with Gasteiger partial charge in [0.15, 0.2) is 5.96 Å². The summed E-state index contributed by atoms with van der Waals surface area (Å²) in [6, 6.07) is 12.9. The van der Waals surface area contributed by atoms with Crippen molar-refractivity contribution < 1.29 is 0 Å². The average Bonchev–Trinajstić information content (AvgIpc) is 3.26. The van der Waals surface area contributed by atoms with Crippen LogP contribution in [0.2, 0.25) is 0 Å². The molecule has 0 amide bonds. The maximum atomic E-state index is 4.30. The van der Waals surface area contributed by atoms with E-state index < -0.39 is 0 Å². The molecule has 1 fully saturated rings. The Balaban J connectivity index is 1.23. The lowest BCUT2D eigenvalue weighted by atomic mass is 10.2. The fourth-order valence-electron chi connectivity index (χ4n) is 3.48. The smallest absolute Gasteiger partial charge is 0.191 e. The van der Waals surface area contributed by atoms with Gasteiger partial charge in [-0.15, -0.1) is 0 Å². The predicted octanol–water partition coefficient (Wildman–Crippen LogP) is 3.01. The van der Waals surface area contributed by atoms with Gasteiger partial charge in [-0.1, -0.05) is 30.3 Å². The van der Waals surface area contributed by atoms with Gasteiger partial charge in [0.25, 0.3) is 0 Å². The van der Waals surface area contributed by atoms with Crippen LogP contribution in [0.15, 0.2) is 52.2 Å². The first kappa shape index (κ1) is 20.8. The number of benzene rings is 1. The highest BCUT2D eigenvalue weighted by Crippen LogP contribution is 2.09. The standard InChI is InChI=1S/C22H33N5S/c1-23-22(25-17-21-9-16-28-19-21)24-10-5-6-11-26-12-14-27(15-13-26)18-20-7-3-2-4-8-20/h2-4,7-9,16,19H,5-6,10-15,17-18H2,1H3,(H2,23,24,25). The van der Waals surface area contributed by atoms with Crippen LogP contribution in [0.25, 0.3) is 0 Å². The molecule has 0 saturated carbocycles. The molecule has 0 unspecified atom stereocenters. The lowest BCUT2D eigenvalue weighted by molar-refractivity contribution is 0.126. The maximum absolute atomic E-state index is 4.30. The number of rotatable bonds is 9. The Morgan fingerprint density at radius 1 is 0.964 bits per heavy atom. The van der Waals surface area contributed by atoms with E-state index in [0.29, 0.717) is 0 Å². The molecular weight excluding hydrogens is 366 g/mol. The van der Waals surface area contributed by atoms with E-state index >= 15 is 0 Å². The molecule has 0 bridgehead atoms. The quantitative estimate of drug-likeness (QED) is 0.386. The summed E-state index contributed by atoms with van der Waals surface area (Å²) in [6.45, 7) is 8.79. The van der Waals surface area contributed by atoms with E-state index in [2.05, 4.69) is 72.6 Å². The van der Waals surface area contributed by atoms with Crippen molar-refractivity contribution in [3.05, 3.63) is 58.3 Å². The second kappa shape index (κ2) is 11.8. The Kier molecular flexibility index (Phi) is 8.81. The molecule has 2 N–H and O–H groups in total. The van der Waals surface area contributed by atoms with E-state index in [9.17, 15) is 0 Å². The van der Waals surface area contributed by atoms with Crippen LogP contribution in [-0.4, -0.2) is 62.1 Å². The van der Waals surface area contributed by atoms with E-state index in [1.165, 1.54) is 56.7 Å². The molecule has 3 rings (SSSR count). The van der Waals surface area contributed by atoms with Crippen molar-refractivity contribution in [1.29, 1.82) is 0 Å². The molecule has 1 aliphatic heterocycles. The summed E-state index contributed by atoms with van der Waals surface area (Å²) in [4.78, 5) is 9.47. The summed E-state index contributed by atoms with van der Waals surface area (Å²) in [5, 5.41) is 11.1. The molecule has 152 valence electrons. The number of nitrogens with zero attached hydrogens (tertiary/aromatic N) is 3. The topological polar surface area (TPSA) is 42.9 Å². The van der Waals surface area contributed by atoms with Crippen molar-refractivity contribution in [2.75, 3.05) is 46.3 Å². The van der Waals surface area contributed by atoms with Gasteiger partial charge in [0.05, 0.1) is 0 Å². The van der Waals surface area contributed by atoms with Gasteiger partial charge in [0, 0.05) is 52.9 Å². The molecule has 0 atom stereocenters. The van der Waals surface area contributed by atoms with Crippen LogP contribution >= 0.6 is 11.3 Å². The molecule has 6 heteroatoms. The highest BCUT2D eigenvalue weighted by Gasteiger charge is 2.16. The molecule has 1 saturated heterocycles. The van der Waals surface area contributed by atoms with Gasteiger partial charge >= 0.3 is 0 Å². The summed E-state index contributed by atoms with van der Waals surface area (Å²) in [5.41, 5.74) is 2.72. The Bertz CT molecular complexity index is 678. The second-order valence-electron chi connectivity index (χ2n) is 7.29. The van der Waals surface area contributed by atoms with E-state index in [-0.39, 0.29) is 0 Å². The third-order valence-corrected chi connectivity index (χ3v) is 5.90. The van der Waals surface area contributed by atoms with Gasteiger partial charge in [0.1, 0.15) is 0 Å². The third-order valence-electron chi connectivity index (χ3n) is 5.17. The number of hydrogen-bond donors (Lipinski definition) is 2. The van der Waals surface area contributed by atoms with E-state index in [1.54, 1.807) is 11.3 Å². The minimum Gasteiger partial charge on any atom is -0.356 e. The molecule has 28 heavy (non-hydrogen) atoms. The summed E-state index contributed by atoms with van der Waals surface area (Å²) in [7, 11) is 1.83. The fraction of sp³-hybridized carbons (Fsp3) is 0.500. The van der Waals surface area contributed by atoms with Crippen molar-refractivity contribution in [3.8, 4) is 0 Å². The van der Waals surface area contributed by atoms with Crippen LogP contribution in [0.4, 0.5) is 0 Å². The molecule has 5 nitrogen and oxygen atoms in total. The van der Waals surface area contributed by atoms with Gasteiger partial charge in [-0.25, -0.2) is 0 Å². The number of unbranched alkanes of at least 4 members (excludes halogenated alkanes) is 1. The number of nitrogens with one attached hydrogen (secondary N) is 2. The molecule has 0 aliphatic carbocycles. The van der Waals surface area contributed by atoms with Crippen LogP contribution in [0.3, 0.4) is 0 Å². The molecule has 1 aromatic heterocycles. The second-order valence-corrected chi connectivity index (χ2v) is 8.07. The normalized spacial score (nSPS) is 16.2. The number of hydrogen-bond acceptors (Lipinski definition) is 4. The zero-order valence-corrected chi connectivity index (χ0v) is 17.8. The van der Waals surface area contributed by atoms with Crippen molar-refractivity contribution in [2.24, 2.45) is 4.99 Å². The highest BCUT2D eigenvalue weighted by molar-refractivity contribution is 7.07. The first-order valence-electron chi connectivity index (χ1n) is 10.3. The SMILES string of the molecule is CN=C(NCCCCN1CCN(Cc2ccccc2)CC1)NCc1ccsc1. The number of thiophene rings is 1. The molecule has 2 aromatic rings. The zero-order chi connectivity index (χ0) is 19.4. The summed E-state index contributed by atoms with van der Waals surface area (Å²) in [5.74, 6) is 0.890. The first-order valence-corrected chi connectivity index (χ1v) is 11.2. The molecule has 0 spiro atoms. The minimum atomic E-state index is 0.830. The molecular formula is C22H33N5S. The van der Waals surface area contributed by atoms with Crippen LogP contribution in [0, 0.1) is 0 Å². The van der Waals surface area contributed by atoms with Gasteiger partial charge in [-0.3, -0.25) is 9.89 Å². The van der Waals surface area contributed by atoms with Crippen molar-refractivity contribution >= 4 is 17.3 Å².